The van der Waals surface area contributed by atoms with E-state index in [1.807, 2.05) is 30.3 Å². The van der Waals surface area contributed by atoms with Gasteiger partial charge in [0.1, 0.15) is 5.75 Å². The first-order valence-electron chi connectivity index (χ1n) is 5.89. The molecule has 4 nitrogen and oxygen atoms in total. The third-order valence-electron chi connectivity index (χ3n) is 3.06. The van der Waals surface area contributed by atoms with Crippen LogP contribution < -0.4 is 4.74 Å². The van der Waals surface area contributed by atoms with Crippen LogP contribution in [0.5, 0.6) is 5.75 Å². The number of ether oxygens (including phenoxy) is 1. The molecule has 94 valence electrons. The fourth-order valence-corrected chi connectivity index (χ4v) is 2.11. The van der Waals surface area contributed by atoms with Gasteiger partial charge in [-0.2, -0.15) is 0 Å². The van der Waals surface area contributed by atoms with Crippen LogP contribution in [-0.4, -0.2) is 23.4 Å². The van der Waals surface area contributed by atoms with Gasteiger partial charge in [-0.25, -0.2) is 0 Å². The number of carbonyl (C=O) groups is 1. The molecule has 0 aliphatic rings. The number of hydrogen-bond acceptors (Lipinski definition) is 3. The molecule has 0 saturated carbocycles. The number of aldehydes is 1. The minimum Gasteiger partial charge on any atom is -0.497 e. The molecule has 0 radical (unpaired) electrons. The lowest BCUT2D eigenvalue weighted by Gasteiger charge is -2.05. The van der Waals surface area contributed by atoms with Crippen LogP contribution >= 0.6 is 0 Å². The van der Waals surface area contributed by atoms with Crippen molar-refractivity contribution in [1.82, 2.24) is 9.97 Å². The number of aromatic amines is 1. The van der Waals surface area contributed by atoms with Crippen molar-refractivity contribution in [2.75, 3.05) is 7.11 Å². The summed E-state index contributed by atoms with van der Waals surface area (Å²) in [6.45, 7) is 0. The normalized spacial score (nSPS) is 10.6. The standard InChI is InChI=1S/C15H12N2O2/c1-19-11-4-5-12(10(7-11)9-18)14-8-15-13(17-14)3-2-6-16-15/h2-9,17H,1H3. The molecule has 2 heterocycles. The van der Waals surface area contributed by atoms with E-state index in [1.165, 1.54) is 0 Å². The fraction of sp³-hybridized carbons (Fsp3) is 0.0667. The van der Waals surface area contributed by atoms with Gasteiger partial charge in [0.15, 0.2) is 6.29 Å². The van der Waals surface area contributed by atoms with Crippen LogP contribution in [0.1, 0.15) is 10.4 Å². The van der Waals surface area contributed by atoms with E-state index in [9.17, 15) is 4.79 Å². The van der Waals surface area contributed by atoms with Crippen molar-refractivity contribution < 1.29 is 9.53 Å². The van der Waals surface area contributed by atoms with Gasteiger partial charge in [0.05, 0.1) is 18.1 Å². The molecule has 0 unspecified atom stereocenters. The highest BCUT2D eigenvalue weighted by Gasteiger charge is 2.09. The van der Waals surface area contributed by atoms with Crippen molar-refractivity contribution in [3.8, 4) is 17.0 Å². The number of pyridine rings is 1. The maximum atomic E-state index is 11.2. The minimum atomic E-state index is 0.589. The van der Waals surface area contributed by atoms with Gasteiger partial charge in [0.25, 0.3) is 0 Å². The number of benzene rings is 1. The highest BCUT2D eigenvalue weighted by atomic mass is 16.5. The largest absolute Gasteiger partial charge is 0.497 e. The highest BCUT2D eigenvalue weighted by molar-refractivity contribution is 5.91. The molecule has 0 fully saturated rings. The number of aromatic nitrogens is 2. The Bertz CT molecular complexity index is 714. The number of nitrogens with one attached hydrogen (secondary N) is 1. The van der Waals surface area contributed by atoms with Gasteiger partial charge in [-0.1, -0.05) is 0 Å². The van der Waals surface area contributed by atoms with Crippen molar-refractivity contribution in [3.63, 3.8) is 0 Å². The molecule has 1 aromatic carbocycles. The van der Waals surface area contributed by atoms with E-state index in [0.717, 1.165) is 28.6 Å². The number of nitrogens with zero attached hydrogens (tertiary/aromatic N) is 1. The van der Waals surface area contributed by atoms with Gasteiger partial charge in [-0.05, 0) is 36.4 Å². The SMILES string of the molecule is COc1ccc(-c2cc3ncccc3[nH]2)c(C=O)c1. The molecule has 0 atom stereocenters. The summed E-state index contributed by atoms with van der Waals surface area (Å²) in [7, 11) is 1.58. The minimum absolute atomic E-state index is 0.589. The van der Waals surface area contributed by atoms with Crippen molar-refractivity contribution >= 4 is 17.3 Å². The Hall–Kier alpha value is -2.62. The first kappa shape index (κ1) is 11.5. The average molecular weight is 252 g/mol. The molecular weight excluding hydrogens is 240 g/mol. The van der Waals surface area contributed by atoms with E-state index >= 15 is 0 Å². The zero-order chi connectivity index (χ0) is 13.2. The summed E-state index contributed by atoms with van der Waals surface area (Å²) < 4.78 is 5.13. The third kappa shape index (κ3) is 1.97. The molecule has 0 bridgehead atoms. The lowest BCUT2D eigenvalue weighted by molar-refractivity contribution is 0.112. The average Bonchev–Trinajstić information content (AvgIpc) is 2.90. The predicted molar refractivity (Wildman–Crippen MR) is 73.5 cm³/mol. The second kappa shape index (κ2) is 4.57. The summed E-state index contributed by atoms with van der Waals surface area (Å²) in [5, 5.41) is 0. The second-order valence-corrected chi connectivity index (χ2v) is 4.19. The number of methoxy groups -OCH3 is 1. The van der Waals surface area contributed by atoms with E-state index in [1.54, 1.807) is 19.4 Å². The van der Waals surface area contributed by atoms with Gasteiger partial charge in [-0.3, -0.25) is 9.78 Å². The van der Waals surface area contributed by atoms with E-state index in [2.05, 4.69) is 9.97 Å². The molecule has 3 rings (SSSR count). The van der Waals surface area contributed by atoms with Gasteiger partial charge < -0.3 is 9.72 Å². The summed E-state index contributed by atoms with van der Waals surface area (Å²) >= 11 is 0. The maximum absolute atomic E-state index is 11.2. The van der Waals surface area contributed by atoms with Crippen molar-refractivity contribution in [2.45, 2.75) is 0 Å². The van der Waals surface area contributed by atoms with Gasteiger partial charge in [0, 0.05) is 23.0 Å². The number of H-pyrrole nitrogens is 1. The van der Waals surface area contributed by atoms with Crippen molar-refractivity contribution in [1.29, 1.82) is 0 Å². The molecule has 0 amide bonds. The second-order valence-electron chi connectivity index (χ2n) is 4.19. The first-order chi connectivity index (χ1) is 9.31. The Morgan fingerprint density at radius 2 is 2.16 bits per heavy atom. The quantitative estimate of drug-likeness (QED) is 0.729. The highest BCUT2D eigenvalue weighted by Crippen LogP contribution is 2.27. The van der Waals surface area contributed by atoms with Crippen molar-refractivity contribution in [2.24, 2.45) is 0 Å². The number of fused-ring (bicyclic) bond motifs is 1. The zero-order valence-corrected chi connectivity index (χ0v) is 10.4. The van der Waals surface area contributed by atoms with E-state index in [4.69, 9.17) is 4.74 Å². The summed E-state index contributed by atoms with van der Waals surface area (Å²) in [4.78, 5) is 18.7. The monoisotopic (exact) mass is 252 g/mol. The van der Waals surface area contributed by atoms with Gasteiger partial charge in [-0.15, -0.1) is 0 Å². The molecule has 0 saturated heterocycles. The Labute approximate surface area is 110 Å². The molecule has 2 aromatic heterocycles. The smallest absolute Gasteiger partial charge is 0.150 e. The summed E-state index contributed by atoms with van der Waals surface area (Å²) in [5.74, 6) is 0.667. The van der Waals surface area contributed by atoms with Crippen LogP contribution in [0.25, 0.3) is 22.3 Å². The Morgan fingerprint density at radius 1 is 1.26 bits per heavy atom. The fourth-order valence-electron chi connectivity index (χ4n) is 2.11. The molecule has 0 spiro atoms. The predicted octanol–water partition coefficient (Wildman–Crippen LogP) is 3.05. The molecule has 0 aliphatic heterocycles. The zero-order valence-electron chi connectivity index (χ0n) is 10.4. The Kier molecular flexibility index (Phi) is 2.76. The first-order valence-corrected chi connectivity index (χ1v) is 5.89. The van der Waals surface area contributed by atoms with Crippen LogP contribution in [0.4, 0.5) is 0 Å². The lowest BCUT2D eigenvalue weighted by atomic mass is 10.1. The van der Waals surface area contributed by atoms with Crippen LogP contribution in [0.2, 0.25) is 0 Å². The van der Waals surface area contributed by atoms with Gasteiger partial charge in [0.2, 0.25) is 0 Å². The lowest BCUT2D eigenvalue weighted by Crippen LogP contribution is -1.90. The van der Waals surface area contributed by atoms with Crippen LogP contribution in [0.15, 0.2) is 42.6 Å². The van der Waals surface area contributed by atoms with E-state index in [-0.39, 0.29) is 0 Å². The molecule has 4 heteroatoms. The summed E-state index contributed by atoms with van der Waals surface area (Å²) in [6.07, 6.45) is 2.57. The van der Waals surface area contributed by atoms with Crippen LogP contribution in [0.3, 0.4) is 0 Å². The third-order valence-corrected chi connectivity index (χ3v) is 3.06. The number of carbonyl (C=O) groups excluding carboxylic acids is 1. The topological polar surface area (TPSA) is 55.0 Å². The number of hydrogen-bond donors (Lipinski definition) is 1. The number of rotatable bonds is 3. The molecule has 0 aliphatic carbocycles. The Morgan fingerprint density at radius 3 is 2.89 bits per heavy atom. The molecule has 3 aromatic rings. The summed E-state index contributed by atoms with van der Waals surface area (Å²) in [6, 6.07) is 11.2. The van der Waals surface area contributed by atoms with E-state index < -0.39 is 0 Å². The van der Waals surface area contributed by atoms with Crippen molar-refractivity contribution in [3.05, 3.63) is 48.2 Å². The van der Waals surface area contributed by atoms with Crippen LogP contribution in [0, 0.1) is 0 Å². The molecule has 1 N–H and O–H groups in total. The summed E-state index contributed by atoms with van der Waals surface area (Å²) in [5.41, 5.74) is 4.13. The van der Waals surface area contributed by atoms with E-state index in [0.29, 0.717) is 11.3 Å². The van der Waals surface area contributed by atoms with Crippen LogP contribution in [-0.2, 0) is 0 Å². The van der Waals surface area contributed by atoms with Gasteiger partial charge >= 0.3 is 0 Å². The maximum Gasteiger partial charge on any atom is 0.150 e. The molecular formula is C15H12N2O2. The Balaban J connectivity index is 2.17. The molecule has 19 heavy (non-hydrogen) atoms.